The zero-order valence-corrected chi connectivity index (χ0v) is 20.9. The molecule has 3 rings (SSSR count). The van der Waals surface area contributed by atoms with Crippen LogP contribution in [0.2, 0.25) is 4.34 Å². The molecular weight excluding hydrogens is 539 g/mol. The van der Waals surface area contributed by atoms with E-state index in [9.17, 15) is 32.8 Å². The van der Waals surface area contributed by atoms with Crippen LogP contribution in [0.3, 0.4) is 0 Å². The van der Waals surface area contributed by atoms with E-state index in [4.69, 9.17) is 21.4 Å². The molecule has 15 heteroatoms. The van der Waals surface area contributed by atoms with E-state index >= 15 is 0 Å². The van der Waals surface area contributed by atoms with Crippen LogP contribution in [0.25, 0.3) is 0 Å². The molecule has 1 aliphatic heterocycles. The van der Waals surface area contributed by atoms with E-state index in [-0.39, 0.29) is 50.5 Å². The fourth-order valence-corrected chi connectivity index (χ4v) is 4.75. The monoisotopic (exact) mass is 559 g/mol. The highest BCUT2D eigenvalue weighted by atomic mass is 35.5. The quantitative estimate of drug-likeness (QED) is 0.475. The lowest BCUT2D eigenvalue weighted by Gasteiger charge is -2.42. The lowest BCUT2D eigenvalue weighted by atomic mass is 10.0. The second-order valence-corrected chi connectivity index (χ2v) is 9.56. The number of hydrogen-bond acceptors (Lipinski definition) is 8. The van der Waals surface area contributed by atoms with E-state index in [0.29, 0.717) is 9.34 Å². The zero-order chi connectivity index (χ0) is 27.3. The Bertz CT molecular complexity index is 1230. The van der Waals surface area contributed by atoms with Crippen LogP contribution in [0.4, 0.5) is 28.8 Å². The van der Waals surface area contributed by atoms with E-state index in [1.165, 1.54) is 16.7 Å². The highest BCUT2D eigenvalue weighted by molar-refractivity contribution is 7.20. The SMILES string of the molecule is CCOC(=O)c1cc(C#N)c(N2CCN(C(=O)Nc3ccc(Cl)s3)C(CCC(=O)O)C2)nc1C(F)(F)F. The number of pyridine rings is 1. The standard InChI is InChI=1S/C22H21ClF3N5O5S/c1-2-36-20(34)14-9-12(10-27)19(29-18(14)22(24,25)26)30-7-8-31(13(11-30)3-6-17(32)33)21(35)28-16-5-4-15(23)37-16/h4-5,9,13H,2-3,6-8,11H2,1H3,(H,28,35)(H,32,33). The summed E-state index contributed by atoms with van der Waals surface area (Å²) in [5, 5.41) is 21.9. The van der Waals surface area contributed by atoms with Gasteiger partial charge in [0.2, 0.25) is 0 Å². The van der Waals surface area contributed by atoms with Crippen molar-refractivity contribution in [2.45, 2.75) is 32.0 Å². The van der Waals surface area contributed by atoms with Gasteiger partial charge in [0.25, 0.3) is 0 Å². The van der Waals surface area contributed by atoms with Gasteiger partial charge in [0, 0.05) is 26.1 Å². The summed E-state index contributed by atoms with van der Waals surface area (Å²) in [6.07, 6.45) is -5.32. The number of carbonyl (C=O) groups is 3. The Morgan fingerprint density at radius 2 is 2.08 bits per heavy atom. The van der Waals surface area contributed by atoms with Crippen molar-refractivity contribution in [3.63, 3.8) is 0 Å². The molecule has 1 unspecified atom stereocenters. The molecule has 0 bridgehead atoms. The number of urea groups is 1. The van der Waals surface area contributed by atoms with Crippen LogP contribution >= 0.6 is 22.9 Å². The van der Waals surface area contributed by atoms with E-state index in [0.717, 1.165) is 17.4 Å². The molecule has 0 saturated carbocycles. The lowest BCUT2D eigenvalue weighted by molar-refractivity contribution is -0.141. The molecule has 0 aliphatic carbocycles. The van der Waals surface area contributed by atoms with Gasteiger partial charge in [-0.25, -0.2) is 14.6 Å². The highest BCUT2D eigenvalue weighted by Crippen LogP contribution is 2.35. The van der Waals surface area contributed by atoms with Crippen molar-refractivity contribution in [1.82, 2.24) is 9.88 Å². The Kier molecular flexibility index (Phi) is 8.82. The second kappa shape index (κ2) is 11.7. The number of thiophene rings is 1. The number of piperazine rings is 1. The molecule has 1 fully saturated rings. The van der Waals surface area contributed by atoms with Crippen LogP contribution in [0.15, 0.2) is 18.2 Å². The van der Waals surface area contributed by atoms with Gasteiger partial charge in [0.1, 0.15) is 11.9 Å². The number of carboxylic acids is 1. The maximum Gasteiger partial charge on any atom is 0.434 e. The number of anilines is 2. The normalized spacial score (nSPS) is 15.7. The van der Waals surface area contributed by atoms with E-state index in [1.807, 2.05) is 0 Å². The molecule has 10 nitrogen and oxygen atoms in total. The number of nitriles is 1. The maximum absolute atomic E-state index is 13.8. The summed E-state index contributed by atoms with van der Waals surface area (Å²) in [5.74, 6) is -2.70. The Morgan fingerprint density at radius 3 is 2.65 bits per heavy atom. The predicted octanol–water partition coefficient (Wildman–Crippen LogP) is 4.45. The van der Waals surface area contributed by atoms with Gasteiger partial charge in [-0.05, 0) is 31.5 Å². The average Bonchev–Trinajstić information content (AvgIpc) is 3.25. The first-order chi connectivity index (χ1) is 17.4. The molecule has 0 aromatic carbocycles. The van der Waals surface area contributed by atoms with Gasteiger partial charge in [-0.1, -0.05) is 11.6 Å². The van der Waals surface area contributed by atoms with Crippen molar-refractivity contribution in [2.24, 2.45) is 0 Å². The summed E-state index contributed by atoms with van der Waals surface area (Å²) in [6.45, 7) is 1.16. The first-order valence-electron chi connectivity index (χ1n) is 10.9. The summed E-state index contributed by atoms with van der Waals surface area (Å²) in [4.78, 5) is 42.7. The summed E-state index contributed by atoms with van der Waals surface area (Å²) in [7, 11) is 0. The summed E-state index contributed by atoms with van der Waals surface area (Å²) in [5.41, 5.74) is -2.68. The number of ether oxygens (including phenoxy) is 1. The lowest BCUT2D eigenvalue weighted by Crippen LogP contribution is -2.56. The molecule has 37 heavy (non-hydrogen) atoms. The fraction of sp³-hybridized carbons (Fsp3) is 0.409. The van der Waals surface area contributed by atoms with E-state index in [2.05, 4.69) is 10.3 Å². The molecule has 1 atom stereocenters. The number of rotatable bonds is 7. The van der Waals surface area contributed by atoms with Gasteiger partial charge < -0.3 is 19.6 Å². The number of hydrogen-bond donors (Lipinski definition) is 2. The number of alkyl halides is 3. The largest absolute Gasteiger partial charge is 0.481 e. The van der Waals surface area contributed by atoms with E-state index in [1.54, 1.807) is 18.2 Å². The Labute approximate surface area is 218 Å². The van der Waals surface area contributed by atoms with Crippen molar-refractivity contribution < 1.29 is 37.4 Å². The number of esters is 1. The molecule has 0 radical (unpaired) electrons. The molecule has 0 spiro atoms. The smallest absolute Gasteiger partial charge is 0.434 e. The maximum atomic E-state index is 13.8. The average molecular weight is 560 g/mol. The number of halogens is 4. The van der Waals surface area contributed by atoms with Crippen LogP contribution in [0.1, 0.15) is 41.4 Å². The number of nitrogens with zero attached hydrogens (tertiary/aromatic N) is 4. The number of aliphatic carboxylic acids is 1. The van der Waals surface area contributed by atoms with E-state index < -0.39 is 41.4 Å². The Morgan fingerprint density at radius 1 is 1.35 bits per heavy atom. The van der Waals surface area contributed by atoms with Crippen molar-refractivity contribution in [1.29, 1.82) is 5.26 Å². The molecule has 3 heterocycles. The van der Waals surface area contributed by atoms with Crippen LogP contribution < -0.4 is 10.2 Å². The topological polar surface area (TPSA) is 136 Å². The van der Waals surface area contributed by atoms with Crippen molar-refractivity contribution >= 4 is 51.7 Å². The van der Waals surface area contributed by atoms with Crippen LogP contribution in [0.5, 0.6) is 0 Å². The third-order valence-corrected chi connectivity index (χ3v) is 6.57. The summed E-state index contributed by atoms with van der Waals surface area (Å²) >= 11 is 7.02. The zero-order valence-electron chi connectivity index (χ0n) is 19.3. The number of nitrogens with one attached hydrogen (secondary N) is 1. The van der Waals surface area contributed by atoms with Gasteiger partial charge in [-0.2, -0.15) is 18.4 Å². The van der Waals surface area contributed by atoms with Crippen LogP contribution in [0, 0.1) is 11.3 Å². The second-order valence-electron chi connectivity index (χ2n) is 7.85. The Balaban J connectivity index is 1.94. The molecule has 2 aromatic rings. The molecule has 1 aliphatic rings. The molecule has 2 amide bonds. The number of carbonyl (C=O) groups excluding carboxylic acids is 2. The van der Waals surface area contributed by atoms with Crippen molar-refractivity contribution in [2.75, 3.05) is 36.5 Å². The molecular formula is C22H21ClF3N5O5S. The minimum Gasteiger partial charge on any atom is -0.481 e. The fourth-order valence-electron chi connectivity index (χ4n) is 3.82. The van der Waals surface area contributed by atoms with Gasteiger partial charge >= 0.3 is 24.1 Å². The highest BCUT2D eigenvalue weighted by Gasteiger charge is 2.40. The minimum absolute atomic E-state index is 0.0000810. The number of amides is 2. The van der Waals surface area contributed by atoms with Gasteiger partial charge in [0.15, 0.2) is 5.69 Å². The Hall–Kier alpha value is -3.57. The molecule has 198 valence electrons. The van der Waals surface area contributed by atoms with Crippen molar-refractivity contribution in [3.8, 4) is 6.07 Å². The summed E-state index contributed by atoms with van der Waals surface area (Å²) in [6, 6.07) is 4.48. The minimum atomic E-state index is -5.02. The number of aromatic nitrogens is 1. The molecule has 2 N–H and O–H groups in total. The third-order valence-electron chi connectivity index (χ3n) is 5.42. The predicted molar refractivity (Wildman–Crippen MR) is 128 cm³/mol. The van der Waals surface area contributed by atoms with Gasteiger partial charge in [-0.15, -0.1) is 11.3 Å². The van der Waals surface area contributed by atoms with Gasteiger partial charge in [-0.3, -0.25) is 10.1 Å². The molecule has 2 aromatic heterocycles. The third kappa shape index (κ3) is 6.80. The number of carboxylic acid groups (broad SMARTS) is 1. The summed E-state index contributed by atoms with van der Waals surface area (Å²) < 4.78 is 46.5. The van der Waals surface area contributed by atoms with Crippen LogP contribution in [-0.4, -0.2) is 65.2 Å². The van der Waals surface area contributed by atoms with Gasteiger partial charge in [0.05, 0.1) is 33.1 Å². The first-order valence-corrected chi connectivity index (χ1v) is 12.1. The first kappa shape index (κ1) is 28.0. The van der Waals surface area contributed by atoms with Crippen molar-refractivity contribution in [3.05, 3.63) is 39.4 Å². The molecule has 1 saturated heterocycles. The van der Waals surface area contributed by atoms with Crippen LogP contribution in [-0.2, 0) is 15.7 Å².